The van der Waals surface area contributed by atoms with Gasteiger partial charge in [0, 0.05) is 36.9 Å². The molecular formula is C24H27N7OS. The van der Waals surface area contributed by atoms with Gasteiger partial charge >= 0.3 is 0 Å². The Morgan fingerprint density at radius 1 is 1.18 bits per heavy atom. The smallest absolute Gasteiger partial charge is 0.171 e. The van der Waals surface area contributed by atoms with Gasteiger partial charge < -0.3 is 4.90 Å². The first-order valence-corrected chi connectivity index (χ1v) is 12.2. The van der Waals surface area contributed by atoms with E-state index in [-0.39, 0.29) is 12.2 Å². The third-order valence-corrected chi connectivity index (χ3v) is 7.11. The third kappa shape index (κ3) is 4.69. The van der Waals surface area contributed by atoms with Gasteiger partial charge in [-0.2, -0.15) is 5.10 Å². The molecule has 0 aromatic carbocycles. The number of aromatic nitrogens is 6. The van der Waals surface area contributed by atoms with Crippen LogP contribution in [0.3, 0.4) is 0 Å². The van der Waals surface area contributed by atoms with Gasteiger partial charge in [-0.1, -0.05) is 11.3 Å². The van der Waals surface area contributed by atoms with Crippen LogP contribution in [0.4, 0.5) is 0 Å². The van der Waals surface area contributed by atoms with Crippen molar-refractivity contribution in [1.29, 1.82) is 0 Å². The number of Topliss-reactive ketones (excluding diaryl/α,β-unsaturated/α-hetero) is 1. The van der Waals surface area contributed by atoms with E-state index in [1.165, 1.54) is 11.3 Å². The Morgan fingerprint density at radius 3 is 2.73 bits per heavy atom. The number of piperidine rings is 1. The van der Waals surface area contributed by atoms with Crippen molar-refractivity contribution in [3.05, 3.63) is 53.1 Å². The molecule has 8 nitrogen and oxygen atoms in total. The molecule has 5 heterocycles. The molecule has 4 aromatic heterocycles. The summed E-state index contributed by atoms with van der Waals surface area (Å²) in [5.74, 6) is 0.0172. The molecule has 9 heteroatoms. The second-order valence-electron chi connectivity index (χ2n) is 8.86. The van der Waals surface area contributed by atoms with Gasteiger partial charge in [0.15, 0.2) is 10.8 Å². The zero-order valence-corrected chi connectivity index (χ0v) is 19.9. The van der Waals surface area contributed by atoms with Crippen molar-refractivity contribution in [1.82, 2.24) is 34.8 Å². The van der Waals surface area contributed by atoms with Crippen molar-refractivity contribution < 1.29 is 4.79 Å². The van der Waals surface area contributed by atoms with Crippen LogP contribution in [0.1, 0.15) is 53.8 Å². The number of rotatable bonds is 6. The average molecular weight is 462 g/mol. The van der Waals surface area contributed by atoms with Gasteiger partial charge in [-0.05, 0) is 51.8 Å². The molecule has 1 aliphatic heterocycles. The Bertz CT molecular complexity index is 1290. The van der Waals surface area contributed by atoms with E-state index < -0.39 is 0 Å². The fourth-order valence-corrected chi connectivity index (χ4v) is 4.95. The molecule has 4 aromatic rings. The van der Waals surface area contributed by atoms with E-state index in [0.29, 0.717) is 23.3 Å². The molecular weight excluding hydrogens is 434 g/mol. The van der Waals surface area contributed by atoms with Gasteiger partial charge in [0.2, 0.25) is 0 Å². The average Bonchev–Trinajstić information content (AvgIpc) is 3.48. The molecule has 33 heavy (non-hydrogen) atoms. The Balaban J connectivity index is 1.29. The lowest BCUT2D eigenvalue weighted by molar-refractivity contribution is 0.0991. The fourth-order valence-electron chi connectivity index (χ4n) is 4.29. The van der Waals surface area contributed by atoms with Gasteiger partial charge in [0.25, 0.3) is 0 Å². The highest BCUT2D eigenvalue weighted by Crippen LogP contribution is 2.25. The molecule has 0 atom stereocenters. The van der Waals surface area contributed by atoms with E-state index >= 15 is 0 Å². The number of ketones is 1. The standard InChI is InChI=1S/C24H27N7OS/c1-15(2)30-8-6-20(7-9-30)31-14-18(13-26-31)23(32)11-19-10-22-17(12-25-19)4-5-21(27-22)24-29-28-16(3)33-24/h4-5,10,12-15,20H,6-9,11H2,1-3H3. The van der Waals surface area contributed by atoms with Crippen molar-refractivity contribution in [3.63, 3.8) is 0 Å². The van der Waals surface area contributed by atoms with E-state index in [1.807, 2.05) is 36.0 Å². The number of aryl methyl sites for hydroxylation is 1. The summed E-state index contributed by atoms with van der Waals surface area (Å²) in [6.07, 6.45) is 7.69. The molecule has 0 spiro atoms. The lowest BCUT2D eigenvalue weighted by atomic mass is 10.0. The zero-order valence-electron chi connectivity index (χ0n) is 19.1. The van der Waals surface area contributed by atoms with Crippen molar-refractivity contribution in [3.8, 4) is 10.7 Å². The van der Waals surface area contributed by atoms with Crippen LogP contribution in [0.2, 0.25) is 0 Å². The van der Waals surface area contributed by atoms with Crippen molar-refractivity contribution >= 4 is 28.0 Å². The van der Waals surface area contributed by atoms with E-state index in [9.17, 15) is 4.79 Å². The highest BCUT2D eigenvalue weighted by atomic mass is 32.1. The first-order chi connectivity index (χ1) is 16.0. The number of nitrogens with zero attached hydrogens (tertiary/aromatic N) is 7. The lowest BCUT2D eigenvalue weighted by Gasteiger charge is -2.34. The van der Waals surface area contributed by atoms with Crippen LogP contribution < -0.4 is 0 Å². The van der Waals surface area contributed by atoms with E-state index in [2.05, 4.69) is 39.0 Å². The topological polar surface area (TPSA) is 89.7 Å². The fraction of sp³-hybridized carbons (Fsp3) is 0.417. The molecule has 0 bridgehead atoms. The SMILES string of the molecule is Cc1nnc(-c2ccc3cnc(CC(=O)c4cnn(C5CCN(C(C)C)CC5)c4)cc3n2)s1. The monoisotopic (exact) mass is 461 g/mol. The van der Waals surface area contributed by atoms with Crippen LogP contribution in [0.25, 0.3) is 21.6 Å². The first kappa shape index (κ1) is 21.8. The maximum atomic E-state index is 12.9. The van der Waals surface area contributed by atoms with E-state index in [4.69, 9.17) is 4.98 Å². The molecule has 0 unspecified atom stereocenters. The van der Waals surface area contributed by atoms with Gasteiger partial charge in [0.05, 0.1) is 35.4 Å². The summed E-state index contributed by atoms with van der Waals surface area (Å²) < 4.78 is 1.97. The van der Waals surface area contributed by atoms with E-state index in [0.717, 1.165) is 52.5 Å². The van der Waals surface area contributed by atoms with Crippen LogP contribution in [0, 0.1) is 6.92 Å². The normalized spacial score (nSPS) is 15.5. The largest absolute Gasteiger partial charge is 0.301 e. The summed E-state index contributed by atoms with van der Waals surface area (Å²) in [5.41, 5.74) is 2.91. The third-order valence-electron chi connectivity index (χ3n) is 6.24. The highest BCUT2D eigenvalue weighted by molar-refractivity contribution is 7.14. The Hall–Kier alpha value is -3.04. The minimum atomic E-state index is 0.0172. The Morgan fingerprint density at radius 2 is 2.00 bits per heavy atom. The summed E-state index contributed by atoms with van der Waals surface area (Å²) >= 11 is 1.51. The second kappa shape index (κ2) is 9.07. The molecule has 170 valence electrons. The van der Waals surface area contributed by atoms with E-state index in [1.54, 1.807) is 12.4 Å². The molecule has 1 saturated heterocycles. The maximum absolute atomic E-state index is 12.9. The van der Waals surface area contributed by atoms with Crippen molar-refractivity contribution in [2.45, 2.75) is 52.1 Å². The maximum Gasteiger partial charge on any atom is 0.171 e. The number of hydrogen-bond donors (Lipinski definition) is 0. The molecule has 1 fully saturated rings. The minimum absolute atomic E-state index is 0.0172. The number of hydrogen-bond acceptors (Lipinski definition) is 8. The molecule has 0 saturated carbocycles. The highest BCUT2D eigenvalue weighted by Gasteiger charge is 2.23. The number of carbonyl (C=O) groups is 1. The van der Waals surface area contributed by atoms with Gasteiger partial charge in [-0.3, -0.25) is 14.5 Å². The summed E-state index contributed by atoms with van der Waals surface area (Å²) in [6, 6.07) is 6.71. The summed E-state index contributed by atoms with van der Waals surface area (Å²) in [6.45, 7) is 8.53. The number of pyridine rings is 2. The molecule has 0 aliphatic carbocycles. The summed E-state index contributed by atoms with van der Waals surface area (Å²) in [5, 5.41) is 15.4. The zero-order chi connectivity index (χ0) is 22.9. The quantitative estimate of drug-likeness (QED) is 0.399. The predicted molar refractivity (Wildman–Crippen MR) is 128 cm³/mol. The van der Waals surface area contributed by atoms with Crippen LogP contribution in [-0.2, 0) is 6.42 Å². The molecule has 5 rings (SSSR count). The first-order valence-electron chi connectivity index (χ1n) is 11.3. The molecule has 0 radical (unpaired) electrons. The van der Waals surface area contributed by atoms with Crippen molar-refractivity contribution in [2.24, 2.45) is 0 Å². The molecule has 0 amide bonds. The number of likely N-dealkylation sites (tertiary alicyclic amines) is 1. The van der Waals surface area contributed by atoms with Crippen LogP contribution in [-0.4, -0.2) is 59.8 Å². The van der Waals surface area contributed by atoms with Gasteiger partial charge in [0.1, 0.15) is 10.7 Å². The van der Waals surface area contributed by atoms with Gasteiger partial charge in [-0.15, -0.1) is 10.2 Å². The molecule has 1 aliphatic rings. The Kier molecular flexibility index (Phi) is 5.99. The predicted octanol–water partition coefficient (Wildman–Crippen LogP) is 4.12. The van der Waals surface area contributed by atoms with Crippen LogP contribution in [0.5, 0.6) is 0 Å². The number of fused-ring (bicyclic) bond motifs is 1. The summed E-state index contributed by atoms with van der Waals surface area (Å²) in [4.78, 5) is 24.6. The number of carbonyl (C=O) groups excluding carboxylic acids is 1. The second-order valence-corrected chi connectivity index (χ2v) is 10.0. The van der Waals surface area contributed by atoms with Crippen molar-refractivity contribution in [2.75, 3.05) is 13.1 Å². The molecule has 0 N–H and O–H groups in total. The lowest BCUT2D eigenvalue weighted by Crippen LogP contribution is -2.39. The van der Waals surface area contributed by atoms with Gasteiger partial charge in [-0.25, -0.2) is 4.98 Å². The van der Waals surface area contributed by atoms with Crippen LogP contribution >= 0.6 is 11.3 Å². The minimum Gasteiger partial charge on any atom is -0.301 e. The van der Waals surface area contributed by atoms with Crippen LogP contribution in [0.15, 0.2) is 36.8 Å². The summed E-state index contributed by atoms with van der Waals surface area (Å²) in [7, 11) is 0. The Labute approximate surface area is 196 Å².